The minimum atomic E-state index is -1.47. The highest BCUT2D eigenvalue weighted by Gasteiger charge is 2.29. The quantitative estimate of drug-likeness (QED) is 0.150. The summed E-state index contributed by atoms with van der Waals surface area (Å²) in [5, 5.41) is 34.8. The number of aliphatic carboxylic acids is 1. The number of aromatic hydroxyl groups is 1. The van der Waals surface area contributed by atoms with Crippen LogP contribution in [0, 0.1) is 0 Å². The molecule has 1 rings (SSSR count). The Balaban J connectivity index is 2.97. The molecule has 0 aliphatic rings. The van der Waals surface area contributed by atoms with E-state index in [-0.39, 0.29) is 23.7 Å². The Labute approximate surface area is 189 Å². The Kier molecular flexibility index (Phi) is 11.2. The van der Waals surface area contributed by atoms with Crippen molar-refractivity contribution in [2.24, 2.45) is 5.73 Å². The molecule has 0 spiro atoms. The number of nitrogens with two attached hydrogens (primary N) is 1. The number of carbonyl (C=O) groups excluding carboxylic acids is 3. The number of phenols is 1. The molecule has 31 heavy (non-hydrogen) atoms. The first-order valence-electron chi connectivity index (χ1n) is 9.12. The predicted molar refractivity (Wildman–Crippen MR) is 118 cm³/mol. The van der Waals surface area contributed by atoms with Crippen molar-refractivity contribution in [3.05, 3.63) is 29.8 Å². The fraction of sp³-hybridized carbons (Fsp3) is 0.444. The Morgan fingerprint density at radius 1 is 0.871 bits per heavy atom. The van der Waals surface area contributed by atoms with E-state index in [1.165, 1.54) is 12.1 Å². The number of carbonyl (C=O) groups is 4. The van der Waals surface area contributed by atoms with Gasteiger partial charge in [-0.05, 0) is 17.7 Å². The van der Waals surface area contributed by atoms with Crippen LogP contribution in [0.4, 0.5) is 0 Å². The van der Waals surface area contributed by atoms with Crippen molar-refractivity contribution in [2.45, 2.75) is 30.6 Å². The Bertz CT molecular complexity index is 779. The van der Waals surface area contributed by atoms with Gasteiger partial charge in [0.2, 0.25) is 17.7 Å². The molecule has 8 N–H and O–H groups in total. The van der Waals surface area contributed by atoms with E-state index in [4.69, 9.17) is 10.8 Å². The van der Waals surface area contributed by atoms with Crippen molar-refractivity contribution in [1.29, 1.82) is 0 Å². The van der Waals surface area contributed by atoms with Gasteiger partial charge in [0.1, 0.15) is 23.9 Å². The van der Waals surface area contributed by atoms with Crippen LogP contribution >= 0.6 is 25.3 Å². The van der Waals surface area contributed by atoms with Crippen LogP contribution in [0.2, 0.25) is 0 Å². The third-order valence-electron chi connectivity index (χ3n) is 4.16. The van der Waals surface area contributed by atoms with E-state index < -0.39 is 54.5 Å². The van der Waals surface area contributed by atoms with Crippen molar-refractivity contribution in [3.8, 4) is 5.75 Å². The maximum atomic E-state index is 12.8. The molecule has 0 saturated carbocycles. The number of carboxylic acids is 1. The second-order valence-electron chi connectivity index (χ2n) is 6.55. The van der Waals surface area contributed by atoms with E-state index in [9.17, 15) is 29.4 Å². The minimum Gasteiger partial charge on any atom is -0.508 e. The summed E-state index contributed by atoms with van der Waals surface area (Å²) in [5.74, 6) is -3.88. The van der Waals surface area contributed by atoms with Gasteiger partial charge in [0.05, 0.1) is 12.6 Å². The molecule has 13 heteroatoms. The molecule has 1 aromatic carbocycles. The highest BCUT2D eigenvalue weighted by Crippen LogP contribution is 2.12. The molecule has 0 heterocycles. The van der Waals surface area contributed by atoms with Crippen LogP contribution in [-0.4, -0.2) is 81.3 Å². The van der Waals surface area contributed by atoms with Gasteiger partial charge >= 0.3 is 5.97 Å². The third kappa shape index (κ3) is 8.65. The molecule has 0 saturated heterocycles. The largest absolute Gasteiger partial charge is 0.508 e. The van der Waals surface area contributed by atoms with Crippen LogP contribution in [0.15, 0.2) is 24.3 Å². The first kappa shape index (κ1) is 26.6. The minimum absolute atomic E-state index is 0.00863. The van der Waals surface area contributed by atoms with Crippen molar-refractivity contribution < 1.29 is 34.5 Å². The molecule has 172 valence electrons. The van der Waals surface area contributed by atoms with Gasteiger partial charge < -0.3 is 37.0 Å². The van der Waals surface area contributed by atoms with Gasteiger partial charge in [-0.25, -0.2) is 4.79 Å². The third-order valence-corrected chi connectivity index (χ3v) is 4.91. The summed E-state index contributed by atoms with van der Waals surface area (Å²) in [5.41, 5.74) is 6.22. The van der Waals surface area contributed by atoms with Gasteiger partial charge in [-0.3, -0.25) is 14.4 Å². The van der Waals surface area contributed by atoms with Gasteiger partial charge in [-0.1, -0.05) is 12.1 Å². The number of hydrogen-bond donors (Lipinski definition) is 9. The molecule has 4 atom stereocenters. The average Bonchev–Trinajstić information content (AvgIpc) is 2.75. The van der Waals surface area contributed by atoms with Crippen molar-refractivity contribution >= 4 is 48.9 Å². The molecule has 0 aliphatic heterocycles. The molecular weight excluding hydrogens is 448 g/mol. The van der Waals surface area contributed by atoms with Crippen LogP contribution in [0.5, 0.6) is 5.75 Å². The highest BCUT2D eigenvalue weighted by molar-refractivity contribution is 7.80. The number of carboxylic acid groups (broad SMARTS) is 1. The van der Waals surface area contributed by atoms with Crippen molar-refractivity contribution in [2.75, 3.05) is 18.1 Å². The summed E-state index contributed by atoms with van der Waals surface area (Å²) >= 11 is 7.77. The number of aliphatic hydroxyl groups excluding tert-OH is 1. The number of rotatable bonds is 12. The lowest BCUT2D eigenvalue weighted by Crippen LogP contribution is -2.58. The first-order valence-corrected chi connectivity index (χ1v) is 10.4. The van der Waals surface area contributed by atoms with Crippen LogP contribution in [0.25, 0.3) is 0 Å². The number of benzene rings is 1. The predicted octanol–water partition coefficient (Wildman–Crippen LogP) is -2.35. The monoisotopic (exact) mass is 474 g/mol. The van der Waals surface area contributed by atoms with Gasteiger partial charge in [-0.15, -0.1) is 0 Å². The van der Waals surface area contributed by atoms with Crippen LogP contribution in [0.1, 0.15) is 5.56 Å². The SMILES string of the molecule is NC(CS)C(=O)NC(Cc1ccc(O)cc1)C(=O)NC(CO)C(=O)NC(CS)C(=O)O. The average molecular weight is 475 g/mol. The number of phenolic OH excluding ortho intramolecular Hbond substituents is 1. The molecule has 1 aromatic rings. The topological polar surface area (TPSA) is 191 Å². The lowest BCUT2D eigenvalue weighted by molar-refractivity contribution is -0.141. The molecule has 0 bridgehead atoms. The number of aliphatic hydroxyl groups is 1. The number of hydrogen-bond acceptors (Lipinski definition) is 9. The molecular formula is C18H26N4O7S2. The van der Waals surface area contributed by atoms with E-state index in [0.717, 1.165) is 0 Å². The maximum Gasteiger partial charge on any atom is 0.327 e. The summed E-state index contributed by atoms with van der Waals surface area (Å²) in [6.07, 6.45) is -0.00863. The summed E-state index contributed by atoms with van der Waals surface area (Å²) in [6, 6.07) is 0.946. The van der Waals surface area contributed by atoms with Crippen LogP contribution in [0.3, 0.4) is 0 Å². The molecule has 0 fully saturated rings. The summed E-state index contributed by atoms with van der Waals surface area (Å²) in [6.45, 7) is -0.813. The van der Waals surface area contributed by atoms with Crippen LogP contribution < -0.4 is 21.7 Å². The lowest BCUT2D eigenvalue weighted by atomic mass is 10.0. The second-order valence-corrected chi connectivity index (χ2v) is 7.28. The fourth-order valence-electron chi connectivity index (χ4n) is 2.36. The highest BCUT2D eigenvalue weighted by atomic mass is 32.1. The van der Waals surface area contributed by atoms with Crippen molar-refractivity contribution in [3.63, 3.8) is 0 Å². The lowest BCUT2D eigenvalue weighted by Gasteiger charge is -2.24. The summed E-state index contributed by atoms with van der Waals surface area (Å²) < 4.78 is 0. The molecule has 3 amide bonds. The van der Waals surface area contributed by atoms with E-state index in [1.54, 1.807) is 12.1 Å². The zero-order valence-corrected chi connectivity index (χ0v) is 18.2. The number of thiol groups is 2. The van der Waals surface area contributed by atoms with Gasteiger partial charge in [0, 0.05) is 17.9 Å². The van der Waals surface area contributed by atoms with Crippen molar-refractivity contribution in [1.82, 2.24) is 16.0 Å². The summed E-state index contributed by atoms with van der Waals surface area (Å²) in [7, 11) is 0. The second kappa shape index (κ2) is 13.0. The molecule has 0 aliphatic carbocycles. The van der Waals surface area contributed by atoms with Gasteiger partial charge in [0.25, 0.3) is 0 Å². The molecule has 0 radical (unpaired) electrons. The summed E-state index contributed by atoms with van der Waals surface area (Å²) in [4.78, 5) is 48.2. The molecule has 11 nitrogen and oxygen atoms in total. The normalized spacial score (nSPS) is 14.6. The van der Waals surface area contributed by atoms with E-state index >= 15 is 0 Å². The zero-order chi connectivity index (χ0) is 23.6. The number of amides is 3. The molecule has 4 unspecified atom stereocenters. The number of nitrogens with one attached hydrogen (secondary N) is 3. The standard InChI is InChI=1S/C18H26N4O7S2/c19-11(7-30)15(25)20-12(5-9-1-3-10(24)4-2-9)16(26)21-13(6-23)17(27)22-14(8-31)18(28)29/h1-4,11-14,23-24,30-31H,5-8,19H2,(H,20,25)(H,21,26)(H,22,27)(H,28,29). The van der Waals surface area contributed by atoms with Crippen LogP contribution in [-0.2, 0) is 25.6 Å². The fourth-order valence-corrected chi connectivity index (χ4v) is 2.78. The van der Waals surface area contributed by atoms with Gasteiger partial charge in [-0.2, -0.15) is 25.3 Å². The Morgan fingerprint density at radius 2 is 1.39 bits per heavy atom. The van der Waals surface area contributed by atoms with Gasteiger partial charge in [0.15, 0.2) is 0 Å². The Hall–Kier alpha value is -2.48. The Morgan fingerprint density at radius 3 is 1.87 bits per heavy atom. The zero-order valence-electron chi connectivity index (χ0n) is 16.4. The smallest absolute Gasteiger partial charge is 0.327 e. The maximum absolute atomic E-state index is 12.8. The first-order chi connectivity index (χ1) is 14.6. The molecule has 0 aromatic heterocycles. The van der Waals surface area contributed by atoms with E-state index in [0.29, 0.717) is 5.56 Å². The van der Waals surface area contributed by atoms with E-state index in [2.05, 4.69) is 41.2 Å². The van der Waals surface area contributed by atoms with E-state index in [1.807, 2.05) is 0 Å².